The fraction of sp³-hybridized carbons (Fsp3) is 0.700. The molecule has 1 aromatic rings. The van der Waals surface area contributed by atoms with Crippen LogP contribution in [0, 0.1) is 11.8 Å². The topological polar surface area (TPSA) is 81.6 Å². The van der Waals surface area contributed by atoms with Crippen LogP contribution in [0.4, 0.5) is 4.79 Å². The molecule has 1 amide bonds. The number of aromatic nitrogens is 2. The second-order valence-corrected chi connectivity index (χ2v) is 9.96. The van der Waals surface area contributed by atoms with Gasteiger partial charge in [0.1, 0.15) is 15.8 Å². The van der Waals surface area contributed by atoms with E-state index in [4.69, 9.17) is 9.47 Å². The van der Waals surface area contributed by atoms with Gasteiger partial charge in [-0.25, -0.2) is 9.78 Å². The molecule has 2 rings (SSSR count). The van der Waals surface area contributed by atoms with Crippen molar-refractivity contribution in [3.63, 3.8) is 0 Å². The fourth-order valence-electron chi connectivity index (χ4n) is 3.10. The Balaban J connectivity index is 2.13. The first-order valence-electron chi connectivity index (χ1n) is 9.51. The minimum atomic E-state index is -0.579. The molecule has 1 aliphatic rings. The number of hydrogen-bond donors (Lipinski definition) is 0. The van der Waals surface area contributed by atoms with Crippen LogP contribution >= 0.6 is 15.9 Å². The predicted molar refractivity (Wildman–Crippen MR) is 109 cm³/mol. The van der Waals surface area contributed by atoms with E-state index in [9.17, 15) is 9.59 Å². The SMILES string of the molecule is CC(C)(C)OC(=O)[C@@H](Cc1cnc(Br)cn1)[C@H]1CCN(C(=O)OC(C)(C)C)C1. The standard InChI is InChI=1S/C20H30BrN3O4/c1-19(2,3)27-17(25)15(9-14-10-23-16(21)11-22-14)13-7-8-24(12-13)18(26)28-20(4,5)6/h10-11,13,15H,7-9,12H2,1-6H3/t13-,15-/m0/s1. The van der Waals surface area contributed by atoms with Crippen molar-refractivity contribution >= 4 is 28.0 Å². The molecule has 1 fully saturated rings. The van der Waals surface area contributed by atoms with Crippen LogP contribution in [0.15, 0.2) is 17.0 Å². The van der Waals surface area contributed by atoms with Gasteiger partial charge >= 0.3 is 12.1 Å². The number of carbonyl (C=O) groups is 2. The van der Waals surface area contributed by atoms with Gasteiger partial charge in [-0.2, -0.15) is 0 Å². The van der Waals surface area contributed by atoms with E-state index in [1.807, 2.05) is 41.5 Å². The minimum Gasteiger partial charge on any atom is -0.460 e. The summed E-state index contributed by atoms with van der Waals surface area (Å²) in [6.45, 7) is 12.1. The zero-order chi connectivity index (χ0) is 21.1. The Morgan fingerprint density at radius 1 is 1.14 bits per heavy atom. The van der Waals surface area contributed by atoms with Crippen LogP contribution in [0.1, 0.15) is 53.7 Å². The van der Waals surface area contributed by atoms with Crippen molar-refractivity contribution < 1.29 is 19.1 Å². The quantitative estimate of drug-likeness (QED) is 0.638. The lowest BCUT2D eigenvalue weighted by Gasteiger charge is -2.28. The summed E-state index contributed by atoms with van der Waals surface area (Å²) in [5, 5.41) is 0. The molecule has 1 saturated heterocycles. The zero-order valence-corrected chi connectivity index (χ0v) is 19.1. The van der Waals surface area contributed by atoms with Gasteiger partial charge in [0.05, 0.1) is 17.8 Å². The molecular weight excluding hydrogens is 426 g/mol. The molecule has 156 valence electrons. The van der Waals surface area contributed by atoms with Crippen LogP contribution in [0.25, 0.3) is 0 Å². The smallest absolute Gasteiger partial charge is 0.410 e. The van der Waals surface area contributed by atoms with Crippen LogP contribution in [-0.4, -0.2) is 51.2 Å². The molecule has 1 aromatic heterocycles. The normalized spacial score (nSPS) is 18.7. The average Bonchev–Trinajstić information content (AvgIpc) is 3.00. The van der Waals surface area contributed by atoms with E-state index in [1.165, 1.54) is 0 Å². The summed E-state index contributed by atoms with van der Waals surface area (Å²) in [4.78, 5) is 35.5. The Morgan fingerprint density at radius 2 is 1.79 bits per heavy atom. The molecular formula is C20H30BrN3O4. The number of halogens is 1. The monoisotopic (exact) mass is 455 g/mol. The van der Waals surface area contributed by atoms with Gasteiger partial charge in [0.2, 0.25) is 0 Å². The zero-order valence-electron chi connectivity index (χ0n) is 17.5. The van der Waals surface area contributed by atoms with Crippen LogP contribution < -0.4 is 0 Å². The maximum atomic E-state index is 12.9. The summed E-state index contributed by atoms with van der Waals surface area (Å²) in [7, 11) is 0. The van der Waals surface area contributed by atoms with E-state index in [-0.39, 0.29) is 18.0 Å². The molecule has 0 unspecified atom stereocenters. The summed E-state index contributed by atoms with van der Waals surface area (Å²) in [5.41, 5.74) is -0.411. The second kappa shape index (κ2) is 8.76. The summed E-state index contributed by atoms with van der Waals surface area (Å²) in [5.74, 6) is -0.691. The van der Waals surface area contributed by atoms with E-state index in [1.54, 1.807) is 17.3 Å². The van der Waals surface area contributed by atoms with Gasteiger partial charge in [0, 0.05) is 25.7 Å². The maximum Gasteiger partial charge on any atom is 0.410 e. The number of nitrogens with zero attached hydrogens (tertiary/aromatic N) is 3. The van der Waals surface area contributed by atoms with Crippen LogP contribution in [0.2, 0.25) is 0 Å². The fourth-order valence-corrected chi connectivity index (χ4v) is 3.30. The summed E-state index contributed by atoms with van der Waals surface area (Å²) < 4.78 is 11.8. The van der Waals surface area contributed by atoms with Crippen molar-refractivity contribution in [3.05, 3.63) is 22.7 Å². The first-order valence-corrected chi connectivity index (χ1v) is 10.3. The second-order valence-electron chi connectivity index (χ2n) is 9.15. The molecule has 8 heteroatoms. The lowest BCUT2D eigenvalue weighted by molar-refractivity contribution is -0.162. The maximum absolute atomic E-state index is 12.9. The summed E-state index contributed by atoms with van der Waals surface area (Å²) in [6.07, 6.45) is 4.06. The van der Waals surface area contributed by atoms with Crippen LogP contribution in [-0.2, 0) is 20.7 Å². The predicted octanol–water partition coefficient (Wildman–Crippen LogP) is 4.00. The van der Waals surface area contributed by atoms with Crippen molar-refractivity contribution in [3.8, 4) is 0 Å². The molecule has 0 aliphatic carbocycles. The Kier molecular flexibility index (Phi) is 7.07. The lowest BCUT2D eigenvalue weighted by Crippen LogP contribution is -2.38. The highest BCUT2D eigenvalue weighted by atomic mass is 79.9. The van der Waals surface area contributed by atoms with Crippen molar-refractivity contribution in [2.45, 2.75) is 65.6 Å². The lowest BCUT2D eigenvalue weighted by atomic mass is 9.87. The van der Waals surface area contributed by atoms with Gasteiger partial charge in [0.15, 0.2) is 0 Å². The highest BCUT2D eigenvalue weighted by Gasteiger charge is 2.39. The first-order chi connectivity index (χ1) is 12.8. The summed E-state index contributed by atoms with van der Waals surface area (Å²) >= 11 is 3.27. The number of amides is 1. The van der Waals surface area contributed by atoms with E-state index >= 15 is 0 Å². The van der Waals surface area contributed by atoms with Gasteiger partial charge < -0.3 is 14.4 Å². The Morgan fingerprint density at radius 3 is 2.32 bits per heavy atom. The molecule has 0 bridgehead atoms. The van der Waals surface area contributed by atoms with Gasteiger partial charge in [-0.1, -0.05) is 0 Å². The number of hydrogen-bond acceptors (Lipinski definition) is 6. The van der Waals surface area contributed by atoms with Gasteiger partial charge in [-0.15, -0.1) is 0 Å². The molecule has 0 N–H and O–H groups in total. The molecule has 28 heavy (non-hydrogen) atoms. The highest BCUT2D eigenvalue weighted by molar-refractivity contribution is 9.10. The molecule has 7 nitrogen and oxygen atoms in total. The van der Waals surface area contributed by atoms with Crippen LogP contribution in [0.5, 0.6) is 0 Å². The Bertz CT molecular complexity index is 695. The average molecular weight is 456 g/mol. The molecule has 1 aliphatic heterocycles. The van der Waals surface area contributed by atoms with E-state index in [2.05, 4.69) is 25.9 Å². The molecule has 0 radical (unpaired) electrons. The van der Waals surface area contributed by atoms with Gasteiger partial charge in [-0.3, -0.25) is 9.78 Å². The van der Waals surface area contributed by atoms with Crippen molar-refractivity contribution in [1.29, 1.82) is 0 Å². The largest absolute Gasteiger partial charge is 0.460 e. The Hall–Kier alpha value is -1.70. The van der Waals surface area contributed by atoms with E-state index < -0.39 is 17.1 Å². The van der Waals surface area contributed by atoms with Crippen molar-refractivity contribution in [2.24, 2.45) is 11.8 Å². The highest BCUT2D eigenvalue weighted by Crippen LogP contribution is 2.30. The van der Waals surface area contributed by atoms with Gasteiger partial charge in [0.25, 0.3) is 0 Å². The molecule has 0 saturated carbocycles. The van der Waals surface area contributed by atoms with E-state index in [0.29, 0.717) is 30.5 Å². The molecule has 2 heterocycles. The molecule has 0 spiro atoms. The number of ether oxygens (including phenoxy) is 2. The number of likely N-dealkylation sites (tertiary alicyclic amines) is 1. The number of carbonyl (C=O) groups excluding carboxylic acids is 2. The number of rotatable bonds is 4. The van der Waals surface area contributed by atoms with Gasteiger partial charge in [-0.05, 0) is 69.8 Å². The number of esters is 1. The Labute approximate surface area is 175 Å². The van der Waals surface area contributed by atoms with Crippen molar-refractivity contribution in [2.75, 3.05) is 13.1 Å². The van der Waals surface area contributed by atoms with E-state index in [0.717, 1.165) is 5.69 Å². The first kappa shape index (κ1) is 22.6. The third-order valence-corrected chi connectivity index (χ3v) is 4.67. The third-order valence-electron chi connectivity index (χ3n) is 4.26. The minimum absolute atomic E-state index is 0.0205. The van der Waals surface area contributed by atoms with Crippen LogP contribution in [0.3, 0.4) is 0 Å². The molecule has 2 atom stereocenters. The van der Waals surface area contributed by atoms with Crippen molar-refractivity contribution in [1.82, 2.24) is 14.9 Å². The summed E-state index contributed by atoms with van der Waals surface area (Å²) in [6, 6.07) is 0. The molecule has 0 aromatic carbocycles. The third kappa shape index (κ3) is 7.04.